The van der Waals surface area contributed by atoms with E-state index in [0.717, 1.165) is 25.9 Å². The molecule has 0 unspecified atom stereocenters. The van der Waals surface area contributed by atoms with E-state index in [1.165, 1.54) is 12.8 Å². The van der Waals surface area contributed by atoms with Gasteiger partial charge in [0.05, 0.1) is 19.6 Å². The summed E-state index contributed by atoms with van der Waals surface area (Å²) in [6, 6.07) is -0.403. The van der Waals surface area contributed by atoms with E-state index in [9.17, 15) is 4.79 Å². The Morgan fingerprint density at radius 3 is 2.72 bits per heavy atom. The summed E-state index contributed by atoms with van der Waals surface area (Å²) in [4.78, 5) is 11.2. The molecule has 0 saturated carbocycles. The highest BCUT2D eigenvalue weighted by atomic mass is 16.2. The summed E-state index contributed by atoms with van der Waals surface area (Å²) in [5, 5.41) is 2.82. The largest absolute Gasteiger partial charge is 0.355 e. The van der Waals surface area contributed by atoms with Crippen LogP contribution in [0.2, 0.25) is 0 Å². The minimum atomic E-state index is -0.403. The molecule has 3 N–H and O–H groups in total. The average Bonchev–Trinajstić information content (AvgIpc) is 2.73. The van der Waals surface area contributed by atoms with Crippen LogP contribution in [0, 0.1) is 0 Å². The van der Waals surface area contributed by atoms with Crippen LogP contribution in [0.15, 0.2) is 18.7 Å². The van der Waals surface area contributed by atoms with Crippen molar-refractivity contribution in [1.82, 2.24) is 9.88 Å². The molecule has 5 heteroatoms. The molecule has 1 rings (SSSR count). The van der Waals surface area contributed by atoms with Crippen molar-refractivity contribution in [2.45, 2.75) is 45.2 Å². The highest BCUT2D eigenvalue weighted by Crippen LogP contribution is 2.01. The van der Waals surface area contributed by atoms with E-state index in [4.69, 9.17) is 5.73 Å². The number of carbonyl (C=O) groups is 1. The molecular weight excluding hydrogens is 228 g/mol. The van der Waals surface area contributed by atoms with Crippen LogP contribution < -0.4 is 15.6 Å². The van der Waals surface area contributed by atoms with Crippen molar-refractivity contribution in [3.63, 3.8) is 0 Å². The third-order valence-electron chi connectivity index (χ3n) is 2.88. The molecule has 0 saturated heterocycles. The Kier molecular flexibility index (Phi) is 6.43. The van der Waals surface area contributed by atoms with Gasteiger partial charge < -0.3 is 11.1 Å². The Labute approximate surface area is 109 Å². The van der Waals surface area contributed by atoms with Crippen molar-refractivity contribution >= 4 is 5.91 Å². The molecule has 1 heterocycles. The van der Waals surface area contributed by atoms with Crippen LogP contribution >= 0.6 is 0 Å². The minimum absolute atomic E-state index is 0.0603. The molecule has 5 nitrogen and oxygen atoms in total. The topological polar surface area (TPSA) is 63.9 Å². The van der Waals surface area contributed by atoms with Crippen molar-refractivity contribution < 1.29 is 9.36 Å². The number of aromatic nitrogens is 2. The summed E-state index contributed by atoms with van der Waals surface area (Å²) in [5.74, 6) is -0.0603. The molecule has 0 bridgehead atoms. The summed E-state index contributed by atoms with van der Waals surface area (Å²) < 4.78 is 4.24. The van der Waals surface area contributed by atoms with E-state index >= 15 is 0 Å². The SMILES string of the molecule is C[C@H](N)C(=O)NCCCCCCn1cc[n+](C)c1. The summed E-state index contributed by atoms with van der Waals surface area (Å²) in [5.41, 5.74) is 5.45. The summed E-state index contributed by atoms with van der Waals surface area (Å²) >= 11 is 0. The quantitative estimate of drug-likeness (QED) is 0.518. The molecule has 18 heavy (non-hydrogen) atoms. The van der Waals surface area contributed by atoms with Gasteiger partial charge >= 0.3 is 0 Å². The number of carbonyl (C=O) groups excluding carboxylic acids is 1. The van der Waals surface area contributed by atoms with Crippen LogP contribution in [0.5, 0.6) is 0 Å². The maximum atomic E-state index is 11.2. The normalized spacial score (nSPS) is 12.4. The minimum Gasteiger partial charge on any atom is -0.355 e. The molecule has 1 amide bonds. The van der Waals surface area contributed by atoms with Crippen LogP contribution in [0.1, 0.15) is 32.6 Å². The number of nitrogens with zero attached hydrogens (tertiary/aromatic N) is 2. The number of hydrogen-bond donors (Lipinski definition) is 2. The number of rotatable bonds is 8. The summed E-state index contributed by atoms with van der Waals surface area (Å²) in [6.07, 6.45) is 10.8. The molecule has 1 aromatic rings. The second-order valence-electron chi connectivity index (χ2n) is 4.81. The third kappa shape index (κ3) is 5.82. The number of nitrogens with one attached hydrogen (secondary N) is 1. The molecule has 1 aromatic heterocycles. The fraction of sp³-hybridized carbons (Fsp3) is 0.692. The first kappa shape index (κ1) is 14.7. The molecule has 0 aromatic carbocycles. The van der Waals surface area contributed by atoms with Gasteiger partial charge in [-0.3, -0.25) is 4.79 Å². The van der Waals surface area contributed by atoms with Crippen LogP contribution in [0.25, 0.3) is 0 Å². The summed E-state index contributed by atoms with van der Waals surface area (Å²) in [7, 11) is 2.03. The van der Waals surface area contributed by atoms with Crippen molar-refractivity contribution in [2.75, 3.05) is 6.54 Å². The van der Waals surface area contributed by atoms with Gasteiger partial charge in [0.25, 0.3) is 0 Å². The molecule has 0 spiro atoms. The zero-order valence-electron chi connectivity index (χ0n) is 11.4. The molecule has 0 aliphatic carbocycles. The smallest absolute Gasteiger partial charge is 0.243 e. The lowest BCUT2D eigenvalue weighted by Gasteiger charge is -2.06. The lowest BCUT2D eigenvalue weighted by molar-refractivity contribution is -0.671. The second-order valence-corrected chi connectivity index (χ2v) is 4.81. The Morgan fingerprint density at radius 2 is 2.11 bits per heavy atom. The molecule has 102 valence electrons. The van der Waals surface area contributed by atoms with E-state index in [0.29, 0.717) is 0 Å². The monoisotopic (exact) mass is 253 g/mol. The van der Waals surface area contributed by atoms with Crippen molar-refractivity contribution in [1.29, 1.82) is 0 Å². The first-order valence-corrected chi connectivity index (χ1v) is 6.64. The van der Waals surface area contributed by atoms with Crippen LogP contribution in [0.3, 0.4) is 0 Å². The molecule has 1 atom stereocenters. The average molecular weight is 253 g/mol. The van der Waals surface area contributed by atoms with Crippen molar-refractivity contribution in [3.8, 4) is 0 Å². The number of hydrogen-bond acceptors (Lipinski definition) is 2. The first-order chi connectivity index (χ1) is 8.59. The maximum Gasteiger partial charge on any atom is 0.243 e. The standard InChI is InChI=1S/C13H24N4O/c1-12(14)13(18)15-7-5-3-4-6-8-17-10-9-16(2)11-17/h9-12H,3-8,14H2,1-2H3/p+1/t12-/m0/s1. The fourth-order valence-electron chi connectivity index (χ4n) is 1.78. The van der Waals surface area contributed by atoms with E-state index in [-0.39, 0.29) is 5.91 Å². The van der Waals surface area contributed by atoms with Gasteiger partial charge in [-0.1, -0.05) is 6.42 Å². The summed E-state index contributed by atoms with van der Waals surface area (Å²) in [6.45, 7) is 3.50. The number of imidazole rings is 1. The zero-order valence-corrected chi connectivity index (χ0v) is 11.4. The molecule has 0 aliphatic heterocycles. The highest BCUT2D eigenvalue weighted by Gasteiger charge is 2.05. The third-order valence-corrected chi connectivity index (χ3v) is 2.88. The van der Waals surface area contributed by atoms with E-state index in [1.54, 1.807) is 6.92 Å². The number of amides is 1. The molecule has 0 radical (unpaired) electrons. The number of nitrogens with two attached hydrogens (primary N) is 1. The predicted molar refractivity (Wildman–Crippen MR) is 70.7 cm³/mol. The van der Waals surface area contributed by atoms with Gasteiger partial charge in [0.1, 0.15) is 12.4 Å². The number of aryl methyl sites for hydroxylation is 2. The van der Waals surface area contributed by atoms with Gasteiger partial charge in [0.2, 0.25) is 12.2 Å². The molecule has 0 aliphatic rings. The van der Waals surface area contributed by atoms with E-state index in [1.807, 2.05) is 17.8 Å². The zero-order chi connectivity index (χ0) is 13.4. The maximum absolute atomic E-state index is 11.2. The Balaban J connectivity index is 1.94. The van der Waals surface area contributed by atoms with Gasteiger partial charge in [-0.2, -0.15) is 0 Å². The highest BCUT2D eigenvalue weighted by molar-refractivity contribution is 5.80. The van der Waals surface area contributed by atoms with E-state index < -0.39 is 6.04 Å². The van der Waals surface area contributed by atoms with Crippen molar-refractivity contribution in [3.05, 3.63) is 18.7 Å². The van der Waals surface area contributed by atoms with Gasteiger partial charge in [-0.15, -0.1) is 0 Å². The lowest BCUT2D eigenvalue weighted by Crippen LogP contribution is -2.38. The fourth-order valence-corrected chi connectivity index (χ4v) is 1.78. The number of unbranched alkanes of at least 4 members (excludes halogenated alkanes) is 3. The van der Waals surface area contributed by atoms with Gasteiger partial charge in [-0.25, -0.2) is 9.13 Å². The van der Waals surface area contributed by atoms with Crippen LogP contribution in [0.4, 0.5) is 0 Å². The molecular formula is C13H25N4O+. The second kappa shape index (κ2) is 7.87. The van der Waals surface area contributed by atoms with Gasteiger partial charge in [-0.05, 0) is 26.2 Å². The van der Waals surface area contributed by atoms with Crippen LogP contribution in [-0.2, 0) is 18.4 Å². The van der Waals surface area contributed by atoms with Crippen molar-refractivity contribution in [2.24, 2.45) is 12.8 Å². The van der Waals surface area contributed by atoms with Crippen LogP contribution in [-0.4, -0.2) is 23.1 Å². The van der Waals surface area contributed by atoms with Gasteiger partial charge in [0.15, 0.2) is 0 Å². The Bertz CT molecular complexity index is 360. The molecule has 0 fully saturated rings. The Morgan fingerprint density at radius 1 is 1.39 bits per heavy atom. The van der Waals surface area contributed by atoms with Gasteiger partial charge in [0, 0.05) is 6.54 Å². The predicted octanol–water partition coefficient (Wildman–Crippen LogP) is 0.336. The first-order valence-electron chi connectivity index (χ1n) is 6.64. The lowest BCUT2D eigenvalue weighted by atomic mass is 10.2. The van der Waals surface area contributed by atoms with E-state index in [2.05, 4.69) is 22.4 Å². The Hall–Kier alpha value is -1.36.